The third-order valence-corrected chi connectivity index (χ3v) is 3.07. The first-order valence-electron chi connectivity index (χ1n) is 6.53. The molecule has 1 aromatic heterocycles. The summed E-state index contributed by atoms with van der Waals surface area (Å²) in [7, 11) is 1.72. The normalized spacial score (nSPS) is 12.2. The highest BCUT2D eigenvalue weighted by Gasteiger charge is 2.19. The fourth-order valence-electron chi connectivity index (χ4n) is 2.05. The minimum atomic E-state index is -0.546. The zero-order chi connectivity index (χ0) is 14.5. The number of benzene rings is 1. The maximum Gasteiger partial charge on any atom is 0.239 e. The quantitative estimate of drug-likeness (QED) is 0.896. The van der Waals surface area contributed by atoms with Gasteiger partial charge >= 0.3 is 0 Å². The molecule has 0 unspecified atom stereocenters. The summed E-state index contributed by atoms with van der Waals surface area (Å²) >= 11 is 0. The van der Waals surface area contributed by atoms with Crippen LogP contribution < -0.4 is 5.73 Å². The Bertz CT molecular complexity index is 566. The van der Waals surface area contributed by atoms with Gasteiger partial charge in [0.2, 0.25) is 5.91 Å². The van der Waals surface area contributed by atoms with Crippen molar-refractivity contribution >= 4 is 5.91 Å². The number of hydrogen-bond donors (Lipinski definition) is 1. The van der Waals surface area contributed by atoms with E-state index in [1.807, 2.05) is 43.3 Å². The number of likely N-dealkylation sites (N-methyl/N-ethyl adjacent to an activating group) is 1. The molecule has 0 fully saturated rings. The molecule has 5 heteroatoms. The van der Waals surface area contributed by atoms with E-state index in [2.05, 4.69) is 5.16 Å². The Morgan fingerprint density at radius 3 is 2.70 bits per heavy atom. The average Bonchev–Trinajstić information content (AvgIpc) is 2.84. The summed E-state index contributed by atoms with van der Waals surface area (Å²) in [6.45, 7) is 2.22. The first-order valence-corrected chi connectivity index (χ1v) is 6.53. The number of amides is 1. The molecule has 20 heavy (non-hydrogen) atoms. The Hall–Kier alpha value is -2.14. The molecule has 2 rings (SSSR count). The van der Waals surface area contributed by atoms with Crippen LogP contribution >= 0.6 is 0 Å². The second-order valence-corrected chi connectivity index (χ2v) is 4.92. The van der Waals surface area contributed by atoms with Gasteiger partial charge < -0.3 is 15.2 Å². The van der Waals surface area contributed by atoms with Crippen molar-refractivity contribution < 1.29 is 9.32 Å². The third-order valence-electron chi connectivity index (χ3n) is 3.07. The van der Waals surface area contributed by atoms with E-state index in [4.69, 9.17) is 10.3 Å². The molecule has 0 spiro atoms. The molecule has 0 radical (unpaired) electrons. The number of aryl methyl sites for hydroxylation is 1. The Morgan fingerprint density at radius 2 is 2.10 bits per heavy atom. The van der Waals surface area contributed by atoms with Crippen LogP contribution in [-0.4, -0.2) is 29.1 Å². The van der Waals surface area contributed by atoms with Crippen LogP contribution in [0.5, 0.6) is 0 Å². The maximum atomic E-state index is 12.2. The monoisotopic (exact) mass is 273 g/mol. The molecule has 0 bridgehead atoms. The number of hydrogen-bond acceptors (Lipinski definition) is 4. The SMILES string of the molecule is Cc1cc(CN(C)C(=O)[C@H](N)Cc2ccccc2)no1. The number of rotatable bonds is 5. The van der Waals surface area contributed by atoms with Gasteiger partial charge in [-0.1, -0.05) is 35.5 Å². The van der Waals surface area contributed by atoms with E-state index in [0.717, 1.165) is 17.0 Å². The second kappa shape index (κ2) is 6.34. The van der Waals surface area contributed by atoms with Crippen molar-refractivity contribution in [2.45, 2.75) is 25.9 Å². The highest BCUT2D eigenvalue weighted by molar-refractivity contribution is 5.81. The highest BCUT2D eigenvalue weighted by Crippen LogP contribution is 2.07. The van der Waals surface area contributed by atoms with Crippen molar-refractivity contribution in [2.24, 2.45) is 5.73 Å². The Balaban J connectivity index is 1.92. The smallest absolute Gasteiger partial charge is 0.239 e. The Morgan fingerprint density at radius 1 is 1.40 bits per heavy atom. The van der Waals surface area contributed by atoms with E-state index in [1.54, 1.807) is 11.9 Å². The van der Waals surface area contributed by atoms with E-state index < -0.39 is 6.04 Å². The number of carbonyl (C=O) groups is 1. The lowest BCUT2D eigenvalue weighted by molar-refractivity contribution is -0.131. The average molecular weight is 273 g/mol. The van der Waals surface area contributed by atoms with Gasteiger partial charge in [-0.25, -0.2) is 0 Å². The molecule has 106 valence electrons. The molecule has 0 saturated heterocycles. The molecule has 2 aromatic rings. The van der Waals surface area contributed by atoms with Gasteiger partial charge in [0.1, 0.15) is 11.5 Å². The van der Waals surface area contributed by atoms with Crippen LogP contribution in [0.15, 0.2) is 40.9 Å². The molecule has 2 N–H and O–H groups in total. The minimum absolute atomic E-state index is 0.102. The zero-order valence-electron chi connectivity index (χ0n) is 11.7. The predicted octanol–water partition coefficient (Wildman–Crippen LogP) is 1.51. The van der Waals surface area contributed by atoms with E-state index in [0.29, 0.717) is 13.0 Å². The summed E-state index contributed by atoms with van der Waals surface area (Å²) in [6, 6.07) is 11.0. The summed E-state index contributed by atoms with van der Waals surface area (Å²) in [5.41, 5.74) is 7.76. The van der Waals surface area contributed by atoms with Crippen molar-refractivity contribution in [3.63, 3.8) is 0 Å². The lowest BCUT2D eigenvalue weighted by Gasteiger charge is -2.20. The van der Waals surface area contributed by atoms with Crippen LogP contribution in [0.4, 0.5) is 0 Å². The van der Waals surface area contributed by atoms with Gasteiger partial charge in [0.15, 0.2) is 0 Å². The van der Waals surface area contributed by atoms with Crippen LogP contribution in [-0.2, 0) is 17.8 Å². The van der Waals surface area contributed by atoms with E-state index in [9.17, 15) is 4.79 Å². The predicted molar refractivity (Wildman–Crippen MR) is 75.8 cm³/mol. The lowest BCUT2D eigenvalue weighted by Crippen LogP contribution is -2.42. The Labute approximate surface area is 118 Å². The molecular weight excluding hydrogens is 254 g/mol. The molecule has 1 atom stereocenters. The molecule has 0 aliphatic heterocycles. The van der Waals surface area contributed by atoms with Crippen molar-refractivity contribution in [3.8, 4) is 0 Å². The molecule has 0 aliphatic carbocycles. The summed E-state index contributed by atoms with van der Waals surface area (Å²) < 4.78 is 4.98. The van der Waals surface area contributed by atoms with Crippen molar-refractivity contribution in [1.82, 2.24) is 10.1 Å². The van der Waals surface area contributed by atoms with Gasteiger partial charge in [-0.15, -0.1) is 0 Å². The summed E-state index contributed by atoms with van der Waals surface area (Å²) in [5.74, 6) is 0.629. The molecule has 0 aliphatic rings. The first kappa shape index (κ1) is 14.3. The zero-order valence-corrected chi connectivity index (χ0v) is 11.7. The standard InChI is InChI=1S/C15H19N3O2/c1-11-8-13(17-20-11)10-18(2)15(19)14(16)9-12-6-4-3-5-7-12/h3-8,14H,9-10,16H2,1-2H3/t14-/m1/s1. The molecule has 0 saturated carbocycles. The fraction of sp³-hybridized carbons (Fsp3) is 0.333. The van der Waals surface area contributed by atoms with E-state index in [-0.39, 0.29) is 5.91 Å². The lowest BCUT2D eigenvalue weighted by atomic mass is 10.1. The van der Waals surface area contributed by atoms with Crippen LogP contribution in [0.2, 0.25) is 0 Å². The van der Waals surface area contributed by atoms with Gasteiger partial charge in [0, 0.05) is 13.1 Å². The molecule has 1 amide bonds. The van der Waals surface area contributed by atoms with Crippen LogP contribution in [0.3, 0.4) is 0 Å². The Kier molecular flexibility index (Phi) is 4.53. The van der Waals surface area contributed by atoms with Crippen molar-refractivity contribution in [2.75, 3.05) is 7.05 Å². The molecule has 1 heterocycles. The largest absolute Gasteiger partial charge is 0.361 e. The van der Waals surface area contributed by atoms with Gasteiger partial charge in [-0.05, 0) is 18.9 Å². The van der Waals surface area contributed by atoms with E-state index in [1.165, 1.54) is 0 Å². The molecule has 5 nitrogen and oxygen atoms in total. The third kappa shape index (κ3) is 3.68. The first-order chi connectivity index (χ1) is 9.56. The minimum Gasteiger partial charge on any atom is -0.361 e. The number of nitrogens with two attached hydrogens (primary N) is 1. The molecular formula is C15H19N3O2. The van der Waals surface area contributed by atoms with Crippen LogP contribution in [0.25, 0.3) is 0 Å². The van der Waals surface area contributed by atoms with Gasteiger partial charge in [-0.2, -0.15) is 0 Å². The number of carbonyl (C=O) groups excluding carboxylic acids is 1. The van der Waals surface area contributed by atoms with Gasteiger partial charge in [0.05, 0.1) is 12.6 Å². The topological polar surface area (TPSA) is 72.4 Å². The van der Waals surface area contributed by atoms with Crippen LogP contribution in [0, 0.1) is 6.92 Å². The second-order valence-electron chi connectivity index (χ2n) is 4.92. The fourth-order valence-corrected chi connectivity index (χ4v) is 2.05. The van der Waals surface area contributed by atoms with Crippen molar-refractivity contribution in [3.05, 3.63) is 53.4 Å². The molecule has 1 aromatic carbocycles. The summed E-state index contributed by atoms with van der Waals surface area (Å²) in [4.78, 5) is 13.8. The summed E-state index contributed by atoms with van der Waals surface area (Å²) in [6.07, 6.45) is 0.530. The highest BCUT2D eigenvalue weighted by atomic mass is 16.5. The maximum absolute atomic E-state index is 12.2. The van der Waals surface area contributed by atoms with Gasteiger partial charge in [0.25, 0.3) is 0 Å². The number of nitrogens with zero attached hydrogens (tertiary/aromatic N) is 2. The van der Waals surface area contributed by atoms with Gasteiger partial charge in [-0.3, -0.25) is 4.79 Å². The van der Waals surface area contributed by atoms with E-state index >= 15 is 0 Å². The number of aromatic nitrogens is 1. The summed E-state index contributed by atoms with van der Waals surface area (Å²) in [5, 5.41) is 3.87. The van der Waals surface area contributed by atoms with Crippen LogP contribution in [0.1, 0.15) is 17.0 Å². The van der Waals surface area contributed by atoms with Crippen molar-refractivity contribution in [1.29, 1.82) is 0 Å².